The first-order valence-corrected chi connectivity index (χ1v) is 2.91. The molecule has 0 bridgehead atoms. The number of hydrogen-bond donors (Lipinski definition) is 1. The zero-order chi connectivity index (χ0) is 8.27. The smallest absolute Gasteiger partial charge is 0.351 e. The van der Waals surface area contributed by atoms with Crippen LogP contribution in [0.15, 0.2) is 9.98 Å². The standard InChI is InChI=1S/C5H5N3O3/c9-5(10)1-4-7-2-6-3-8(4)11/h2H,1,3H2/p+1. The molecule has 1 heterocycles. The molecule has 0 atom stereocenters. The molecule has 1 aliphatic rings. The lowest BCUT2D eigenvalue weighted by atomic mass is 10.4. The number of carboxylic acid groups (broad SMARTS) is 1. The molecule has 0 radical (unpaired) electrons. The number of nitroso groups, excluding NO2 is 1. The molecule has 6 heteroatoms. The Kier molecular flexibility index (Phi) is 2.05. The number of amidine groups is 1. The van der Waals surface area contributed by atoms with Crippen LogP contribution < -0.4 is 0 Å². The molecule has 1 aliphatic heterocycles. The fourth-order valence-electron chi connectivity index (χ4n) is 0.633. The summed E-state index contributed by atoms with van der Waals surface area (Å²) in [6, 6.07) is 0. The van der Waals surface area contributed by atoms with E-state index in [1.165, 1.54) is 6.34 Å². The number of hydrogen-bond acceptors (Lipinski definition) is 4. The van der Waals surface area contributed by atoms with Crippen LogP contribution in [0, 0.1) is 4.91 Å². The van der Waals surface area contributed by atoms with Crippen LogP contribution in [-0.2, 0) is 4.79 Å². The van der Waals surface area contributed by atoms with Gasteiger partial charge in [-0.25, -0.2) is 4.99 Å². The van der Waals surface area contributed by atoms with Gasteiger partial charge in [0.25, 0.3) is 0 Å². The van der Waals surface area contributed by atoms with Crippen LogP contribution >= 0.6 is 0 Å². The maximum atomic E-state index is 10.7. The molecule has 1 rings (SSSR count). The van der Waals surface area contributed by atoms with E-state index in [2.05, 4.69) is 9.98 Å². The predicted octanol–water partition coefficient (Wildman–Crippen LogP) is -0.362. The van der Waals surface area contributed by atoms with Gasteiger partial charge in [0.05, 0.1) is 0 Å². The molecule has 0 unspecified atom stereocenters. The molecule has 0 aliphatic carbocycles. The minimum Gasteiger partial charge on any atom is -0.481 e. The number of carboxylic acids is 1. The number of aliphatic carboxylic acids is 1. The highest BCUT2D eigenvalue weighted by Gasteiger charge is 2.23. The fourth-order valence-corrected chi connectivity index (χ4v) is 0.633. The van der Waals surface area contributed by atoms with E-state index in [0.717, 1.165) is 0 Å². The topological polar surface area (TPSA) is 82.1 Å². The van der Waals surface area contributed by atoms with Crippen molar-refractivity contribution in [3.8, 4) is 0 Å². The largest absolute Gasteiger partial charge is 0.481 e. The molecule has 0 aromatic rings. The molecule has 0 saturated heterocycles. The van der Waals surface area contributed by atoms with Crippen molar-refractivity contribution in [1.29, 1.82) is 0 Å². The van der Waals surface area contributed by atoms with Crippen molar-refractivity contribution in [2.45, 2.75) is 6.42 Å². The zero-order valence-electron chi connectivity index (χ0n) is 5.60. The molecule has 0 amide bonds. The normalized spacial score (nSPS) is 16.4. The van der Waals surface area contributed by atoms with Gasteiger partial charge in [-0.1, -0.05) is 4.91 Å². The van der Waals surface area contributed by atoms with E-state index in [9.17, 15) is 9.70 Å². The third-order valence-electron chi connectivity index (χ3n) is 1.10. The first kappa shape index (κ1) is 7.52. The van der Waals surface area contributed by atoms with Crippen molar-refractivity contribution >= 4 is 18.1 Å². The Hall–Kier alpha value is -1.59. The molecule has 6 nitrogen and oxygen atoms in total. The summed E-state index contributed by atoms with van der Waals surface area (Å²) >= 11 is 0. The van der Waals surface area contributed by atoms with Crippen molar-refractivity contribution in [2.24, 2.45) is 9.98 Å². The summed E-state index contributed by atoms with van der Waals surface area (Å²) in [4.78, 5) is 27.9. The maximum absolute atomic E-state index is 10.7. The molecule has 0 saturated carbocycles. The molecule has 0 fully saturated rings. The number of rotatable bonds is 2. The second-order valence-corrected chi connectivity index (χ2v) is 1.93. The summed E-state index contributed by atoms with van der Waals surface area (Å²) in [5.41, 5.74) is 0. The second kappa shape index (κ2) is 3.00. The lowest BCUT2D eigenvalue weighted by Gasteiger charge is -1.94. The first-order valence-electron chi connectivity index (χ1n) is 2.91. The molecule has 1 N–H and O–H groups in total. The SMILES string of the molecule is O=C(O)CC1=NC=NC[N+]1=O. The molecule has 0 aromatic heterocycles. The highest BCUT2D eigenvalue weighted by molar-refractivity contribution is 5.95. The van der Waals surface area contributed by atoms with Crippen molar-refractivity contribution < 1.29 is 14.7 Å². The van der Waals surface area contributed by atoms with Gasteiger partial charge in [-0.05, 0) is 9.75 Å². The fraction of sp³-hybridized carbons (Fsp3) is 0.400. The summed E-state index contributed by atoms with van der Waals surface area (Å²) in [6.07, 6.45) is 0.836. The Morgan fingerprint density at radius 1 is 1.82 bits per heavy atom. The van der Waals surface area contributed by atoms with E-state index >= 15 is 0 Å². The molecular weight excluding hydrogens is 150 g/mol. The van der Waals surface area contributed by atoms with Gasteiger partial charge >= 0.3 is 11.8 Å². The highest BCUT2D eigenvalue weighted by atomic mass is 16.4. The number of nitrogens with zero attached hydrogens (tertiary/aromatic N) is 3. The Morgan fingerprint density at radius 3 is 3.09 bits per heavy atom. The maximum Gasteiger partial charge on any atom is 0.351 e. The van der Waals surface area contributed by atoms with Crippen molar-refractivity contribution in [3.63, 3.8) is 0 Å². The van der Waals surface area contributed by atoms with Gasteiger partial charge in [0.2, 0.25) is 13.0 Å². The van der Waals surface area contributed by atoms with E-state index in [-0.39, 0.29) is 18.9 Å². The Labute approximate surface area is 61.8 Å². The molecule has 58 valence electrons. The average Bonchev–Trinajstić information content (AvgIpc) is 1.93. The lowest BCUT2D eigenvalue weighted by Crippen LogP contribution is -2.24. The van der Waals surface area contributed by atoms with E-state index in [0.29, 0.717) is 4.76 Å². The van der Waals surface area contributed by atoms with Crippen molar-refractivity contribution in [3.05, 3.63) is 4.91 Å². The van der Waals surface area contributed by atoms with E-state index < -0.39 is 5.97 Å². The molecule has 11 heavy (non-hydrogen) atoms. The summed E-state index contributed by atoms with van der Waals surface area (Å²) in [7, 11) is 0. The van der Waals surface area contributed by atoms with E-state index in [4.69, 9.17) is 5.11 Å². The van der Waals surface area contributed by atoms with Crippen LogP contribution in [0.2, 0.25) is 0 Å². The number of aliphatic imine (C=N–C) groups is 2. The lowest BCUT2D eigenvalue weighted by molar-refractivity contribution is -0.432. The summed E-state index contributed by atoms with van der Waals surface area (Å²) in [5, 5.41) is 8.29. The zero-order valence-corrected chi connectivity index (χ0v) is 5.60. The van der Waals surface area contributed by atoms with Crippen LogP contribution in [0.5, 0.6) is 0 Å². The average molecular weight is 156 g/mol. The van der Waals surface area contributed by atoms with Gasteiger partial charge in [0.1, 0.15) is 0 Å². The van der Waals surface area contributed by atoms with Crippen LogP contribution in [0.4, 0.5) is 0 Å². The molecular formula is C5H6N3O3+. The van der Waals surface area contributed by atoms with E-state index in [1.54, 1.807) is 0 Å². The molecule has 0 aromatic carbocycles. The second-order valence-electron chi connectivity index (χ2n) is 1.93. The van der Waals surface area contributed by atoms with Crippen LogP contribution in [-0.4, -0.2) is 34.7 Å². The Balaban J connectivity index is 2.68. The minimum absolute atomic E-state index is 0.00694. The monoisotopic (exact) mass is 156 g/mol. The van der Waals surface area contributed by atoms with Gasteiger partial charge in [0, 0.05) is 0 Å². The summed E-state index contributed by atoms with van der Waals surface area (Å²) in [5.74, 6) is -1.08. The van der Waals surface area contributed by atoms with Gasteiger partial charge in [-0.3, -0.25) is 4.79 Å². The summed E-state index contributed by atoms with van der Waals surface area (Å²) in [6.45, 7) is -0.0634. The van der Waals surface area contributed by atoms with Crippen molar-refractivity contribution in [2.75, 3.05) is 6.67 Å². The first-order chi connectivity index (χ1) is 5.20. The van der Waals surface area contributed by atoms with E-state index in [1.807, 2.05) is 0 Å². The van der Waals surface area contributed by atoms with Crippen LogP contribution in [0.3, 0.4) is 0 Å². The van der Waals surface area contributed by atoms with Gasteiger partial charge in [-0.15, -0.1) is 0 Å². The van der Waals surface area contributed by atoms with Gasteiger partial charge < -0.3 is 5.11 Å². The minimum atomic E-state index is -1.07. The third-order valence-corrected chi connectivity index (χ3v) is 1.10. The third kappa shape index (κ3) is 1.92. The van der Waals surface area contributed by atoms with Crippen molar-refractivity contribution in [1.82, 2.24) is 0 Å². The van der Waals surface area contributed by atoms with Gasteiger partial charge in [-0.2, -0.15) is 0 Å². The molecule has 0 spiro atoms. The van der Waals surface area contributed by atoms with Crippen LogP contribution in [0.25, 0.3) is 0 Å². The quantitative estimate of drug-likeness (QED) is 0.554. The summed E-state index contributed by atoms with van der Waals surface area (Å²) < 4.78 is 0.452. The predicted molar refractivity (Wildman–Crippen MR) is 36.7 cm³/mol. The van der Waals surface area contributed by atoms with Crippen LogP contribution in [0.1, 0.15) is 6.42 Å². The van der Waals surface area contributed by atoms with Gasteiger partial charge in [0.15, 0.2) is 6.42 Å². The number of carbonyl (C=O) groups is 1. The Bertz CT molecular complexity index is 256. The Morgan fingerprint density at radius 2 is 2.55 bits per heavy atom. The highest BCUT2D eigenvalue weighted by Crippen LogP contribution is 1.93.